The molecule has 4 aromatic rings. The molecule has 0 bridgehead atoms. The van der Waals surface area contributed by atoms with Crippen LogP contribution in [0.15, 0.2) is 71.8 Å². The first-order valence-corrected chi connectivity index (χ1v) is 12.2. The minimum atomic E-state index is -0.459. The van der Waals surface area contributed by atoms with Crippen molar-refractivity contribution in [3.05, 3.63) is 99.9 Å². The molecule has 2 heterocycles. The van der Waals surface area contributed by atoms with Crippen molar-refractivity contribution in [3.63, 3.8) is 0 Å². The molecule has 36 heavy (non-hydrogen) atoms. The summed E-state index contributed by atoms with van der Waals surface area (Å²) in [5.74, 6) is 0.380. The molecule has 0 aliphatic carbocycles. The van der Waals surface area contributed by atoms with Crippen molar-refractivity contribution in [1.82, 2.24) is 24.6 Å². The van der Waals surface area contributed by atoms with E-state index in [9.17, 15) is 9.59 Å². The minimum absolute atomic E-state index is 0.0293. The summed E-state index contributed by atoms with van der Waals surface area (Å²) in [6, 6.07) is 16.8. The van der Waals surface area contributed by atoms with E-state index in [-0.39, 0.29) is 17.4 Å². The van der Waals surface area contributed by atoms with Crippen LogP contribution in [0.4, 0.5) is 0 Å². The molecule has 0 saturated carbocycles. The Labute approximate surface area is 210 Å². The molecule has 1 atom stereocenters. The van der Waals surface area contributed by atoms with Gasteiger partial charge in [-0.3, -0.25) is 14.2 Å². The molecule has 0 radical (unpaired) electrons. The topological polar surface area (TPSA) is 107 Å². The summed E-state index contributed by atoms with van der Waals surface area (Å²) in [7, 11) is 0. The number of benzene rings is 2. The highest BCUT2D eigenvalue weighted by Gasteiger charge is 2.32. The summed E-state index contributed by atoms with van der Waals surface area (Å²) in [6.07, 6.45) is 3.57. The summed E-state index contributed by atoms with van der Waals surface area (Å²) < 4.78 is 1.67. The average molecular weight is 485 g/mol. The summed E-state index contributed by atoms with van der Waals surface area (Å²) in [5.41, 5.74) is 8.74. The van der Waals surface area contributed by atoms with Crippen LogP contribution >= 0.6 is 0 Å². The Kier molecular flexibility index (Phi) is 7.85. The standard InChI is InChI=1S/C28H32N6O2/c1-19(2)25(33(15-7-14-29)27(35)22-12-10-20(3)11-13-22)26-32-24-17-31-30-16-23(24)28(36)34(26)18-21-8-5-4-6-9-21/h4-6,8-13,16-17,19,25H,7,14-15,18,29H2,1-3H3. The number of nitrogens with two attached hydrogens (primary N) is 1. The van der Waals surface area contributed by atoms with E-state index in [1.807, 2.05) is 80.3 Å². The van der Waals surface area contributed by atoms with Crippen molar-refractivity contribution < 1.29 is 4.79 Å². The molecule has 4 rings (SSSR count). The quantitative estimate of drug-likeness (QED) is 0.388. The molecule has 2 N–H and O–H groups in total. The van der Waals surface area contributed by atoms with Gasteiger partial charge in [0.05, 0.1) is 35.9 Å². The van der Waals surface area contributed by atoms with Crippen LogP contribution in [0.5, 0.6) is 0 Å². The molecule has 0 aliphatic heterocycles. The van der Waals surface area contributed by atoms with Crippen molar-refractivity contribution in [2.75, 3.05) is 13.1 Å². The fraction of sp³-hybridized carbons (Fsp3) is 0.321. The molecule has 2 aromatic carbocycles. The number of hydrogen-bond acceptors (Lipinski definition) is 6. The minimum Gasteiger partial charge on any atom is -0.330 e. The highest BCUT2D eigenvalue weighted by Crippen LogP contribution is 2.30. The second-order valence-corrected chi connectivity index (χ2v) is 9.33. The number of fused-ring (bicyclic) bond motifs is 1. The van der Waals surface area contributed by atoms with E-state index in [0.717, 1.165) is 11.1 Å². The van der Waals surface area contributed by atoms with E-state index in [4.69, 9.17) is 10.7 Å². The van der Waals surface area contributed by atoms with Crippen LogP contribution in [0.2, 0.25) is 0 Å². The predicted molar refractivity (Wildman–Crippen MR) is 141 cm³/mol. The largest absolute Gasteiger partial charge is 0.330 e. The third kappa shape index (κ3) is 5.33. The number of rotatable bonds is 9. The SMILES string of the molecule is Cc1ccc(C(=O)N(CCCN)C(c2nc3cnncc3c(=O)n2Cc2ccccc2)C(C)C)cc1. The molecule has 0 saturated heterocycles. The molecule has 1 unspecified atom stereocenters. The third-order valence-electron chi connectivity index (χ3n) is 6.27. The maximum atomic E-state index is 13.8. The maximum absolute atomic E-state index is 13.8. The number of carbonyl (C=O) groups excluding carboxylic acids is 1. The van der Waals surface area contributed by atoms with E-state index in [2.05, 4.69) is 10.2 Å². The lowest BCUT2D eigenvalue weighted by Gasteiger charge is -2.35. The number of aromatic nitrogens is 4. The molecule has 2 aromatic heterocycles. The van der Waals surface area contributed by atoms with Gasteiger partial charge in [-0.25, -0.2) is 4.98 Å². The molecule has 1 amide bonds. The van der Waals surface area contributed by atoms with E-state index in [0.29, 0.717) is 48.3 Å². The second kappa shape index (κ2) is 11.2. The number of aryl methyl sites for hydroxylation is 1. The highest BCUT2D eigenvalue weighted by molar-refractivity contribution is 5.94. The Morgan fingerprint density at radius 1 is 1.03 bits per heavy atom. The Balaban J connectivity index is 1.91. The molecule has 186 valence electrons. The number of carbonyl (C=O) groups is 1. The van der Waals surface area contributed by atoms with Crippen LogP contribution in [0, 0.1) is 12.8 Å². The van der Waals surface area contributed by atoms with Gasteiger partial charge in [-0.2, -0.15) is 10.2 Å². The van der Waals surface area contributed by atoms with Gasteiger partial charge in [0.15, 0.2) is 0 Å². The summed E-state index contributed by atoms with van der Waals surface area (Å²) in [5, 5.41) is 8.23. The average Bonchev–Trinajstić information content (AvgIpc) is 2.89. The maximum Gasteiger partial charge on any atom is 0.263 e. The van der Waals surface area contributed by atoms with Crippen LogP contribution in [-0.4, -0.2) is 43.6 Å². The van der Waals surface area contributed by atoms with Crippen LogP contribution in [0.1, 0.15) is 53.6 Å². The summed E-state index contributed by atoms with van der Waals surface area (Å²) in [6.45, 7) is 7.28. The number of amides is 1. The van der Waals surface area contributed by atoms with E-state index in [1.165, 1.54) is 12.4 Å². The van der Waals surface area contributed by atoms with Gasteiger partial charge in [0, 0.05) is 12.1 Å². The fourth-order valence-corrected chi connectivity index (χ4v) is 4.43. The molecule has 8 nitrogen and oxygen atoms in total. The Morgan fingerprint density at radius 2 is 1.72 bits per heavy atom. The molecule has 8 heteroatoms. The molecular formula is C28H32N6O2. The smallest absolute Gasteiger partial charge is 0.263 e. The zero-order chi connectivity index (χ0) is 25.7. The van der Waals surface area contributed by atoms with Gasteiger partial charge < -0.3 is 10.6 Å². The first-order chi connectivity index (χ1) is 17.4. The van der Waals surface area contributed by atoms with Gasteiger partial charge in [-0.15, -0.1) is 0 Å². The third-order valence-corrected chi connectivity index (χ3v) is 6.27. The van der Waals surface area contributed by atoms with Crippen molar-refractivity contribution in [2.24, 2.45) is 11.7 Å². The van der Waals surface area contributed by atoms with Gasteiger partial charge in [-0.05, 0) is 43.5 Å². The van der Waals surface area contributed by atoms with Gasteiger partial charge in [0.2, 0.25) is 0 Å². The lowest BCUT2D eigenvalue weighted by atomic mass is 9.98. The monoisotopic (exact) mass is 484 g/mol. The summed E-state index contributed by atoms with van der Waals surface area (Å²) in [4.78, 5) is 34.3. The number of hydrogen-bond donors (Lipinski definition) is 1. The zero-order valence-corrected chi connectivity index (χ0v) is 21.0. The van der Waals surface area contributed by atoms with Crippen molar-refractivity contribution >= 4 is 16.8 Å². The fourth-order valence-electron chi connectivity index (χ4n) is 4.43. The molecule has 0 aliphatic rings. The van der Waals surface area contributed by atoms with Crippen LogP contribution in [0.3, 0.4) is 0 Å². The van der Waals surface area contributed by atoms with Gasteiger partial charge in [0.25, 0.3) is 11.5 Å². The van der Waals surface area contributed by atoms with Crippen molar-refractivity contribution in [3.8, 4) is 0 Å². The normalized spacial score (nSPS) is 12.1. The van der Waals surface area contributed by atoms with Gasteiger partial charge in [-0.1, -0.05) is 61.9 Å². The van der Waals surface area contributed by atoms with Gasteiger partial charge in [0.1, 0.15) is 5.82 Å². The number of nitrogens with zero attached hydrogens (tertiary/aromatic N) is 5. The lowest BCUT2D eigenvalue weighted by molar-refractivity contribution is 0.0602. The highest BCUT2D eigenvalue weighted by atomic mass is 16.2. The van der Waals surface area contributed by atoms with Gasteiger partial charge >= 0.3 is 0 Å². The predicted octanol–water partition coefficient (Wildman–Crippen LogP) is 3.73. The Hall–Kier alpha value is -3.91. The molecule has 0 fully saturated rings. The lowest BCUT2D eigenvalue weighted by Crippen LogP contribution is -2.42. The van der Waals surface area contributed by atoms with Crippen LogP contribution < -0.4 is 11.3 Å². The van der Waals surface area contributed by atoms with Crippen LogP contribution in [0.25, 0.3) is 10.9 Å². The Bertz CT molecular complexity index is 1380. The van der Waals surface area contributed by atoms with E-state index >= 15 is 0 Å². The Morgan fingerprint density at radius 3 is 2.39 bits per heavy atom. The van der Waals surface area contributed by atoms with E-state index in [1.54, 1.807) is 4.57 Å². The van der Waals surface area contributed by atoms with Crippen molar-refractivity contribution in [1.29, 1.82) is 0 Å². The van der Waals surface area contributed by atoms with Crippen LogP contribution in [-0.2, 0) is 6.54 Å². The first kappa shape index (κ1) is 25.2. The van der Waals surface area contributed by atoms with E-state index < -0.39 is 6.04 Å². The zero-order valence-electron chi connectivity index (χ0n) is 21.0. The van der Waals surface area contributed by atoms with Crippen molar-refractivity contribution in [2.45, 2.75) is 39.8 Å². The summed E-state index contributed by atoms with van der Waals surface area (Å²) >= 11 is 0. The first-order valence-electron chi connectivity index (χ1n) is 12.2. The molecule has 0 spiro atoms. The second-order valence-electron chi connectivity index (χ2n) is 9.33. The molecular weight excluding hydrogens is 452 g/mol.